The van der Waals surface area contributed by atoms with Crippen LogP contribution in [0.1, 0.15) is 32.7 Å². The summed E-state index contributed by atoms with van der Waals surface area (Å²) in [6, 6.07) is 0. The summed E-state index contributed by atoms with van der Waals surface area (Å²) in [5, 5.41) is 2.54. The Hall–Kier alpha value is -1.43. The van der Waals surface area contributed by atoms with Gasteiger partial charge in [0.2, 0.25) is 0 Å². The summed E-state index contributed by atoms with van der Waals surface area (Å²) in [7, 11) is 0. The smallest absolute Gasteiger partial charge is 0.324 e. The van der Waals surface area contributed by atoms with Crippen molar-refractivity contribution in [1.29, 1.82) is 0 Å². The van der Waals surface area contributed by atoms with Crippen LogP contribution in [0.2, 0.25) is 0 Å². The molecule has 0 aliphatic carbocycles. The number of hydrogen-bond donors (Lipinski definition) is 0. The molecule has 5 nitrogen and oxygen atoms in total. The standard InChI is InChI=1S/C14H21NO4S/c1-5-18-12(16)14(10(3)4,13(17)19-6-2)9-11-15-7-8-20-11/h7-8,10H,5-6,9H2,1-4H3. The molecule has 0 aromatic carbocycles. The van der Waals surface area contributed by atoms with Crippen LogP contribution in [0.5, 0.6) is 0 Å². The van der Waals surface area contributed by atoms with E-state index in [0.29, 0.717) is 0 Å². The summed E-state index contributed by atoms with van der Waals surface area (Å²) in [4.78, 5) is 29.0. The van der Waals surface area contributed by atoms with E-state index < -0.39 is 17.4 Å². The quantitative estimate of drug-likeness (QED) is 0.571. The van der Waals surface area contributed by atoms with Gasteiger partial charge in [-0.3, -0.25) is 9.59 Å². The van der Waals surface area contributed by atoms with Crippen molar-refractivity contribution in [2.45, 2.75) is 34.1 Å². The van der Waals surface area contributed by atoms with Crippen LogP contribution in [0.3, 0.4) is 0 Å². The summed E-state index contributed by atoms with van der Waals surface area (Å²) in [6.07, 6.45) is 1.86. The van der Waals surface area contributed by atoms with Crippen molar-refractivity contribution in [3.63, 3.8) is 0 Å². The van der Waals surface area contributed by atoms with Crippen molar-refractivity contribution in [3.8, 4) is 0 Å². The van der Waals surface area contributed by atoms with Crippen LogP contribution in [0, 0.1) is 11.3 Å². The number of rotatable bonds is 7. The first-order valence-corrected chi connectivity index (χ1v) is 7.59. The largest absolute Gasteiger partial charge is 0.465 e. The molecule has 0 amide bonds. The van der Waals surface area contributed by atoms with Crippen molar-refractivity contribution in [2.75, 3.05) is 13.2 Å². The van der Waals surface area contributed by atoms with E-state index in [0.717, 1.165) is 5.01 Å². The molecule has 1 rings (SSSR count). The van der Waals surface area contributed by atoms with E-state index in [4.69, 9.17) is 9.47 Å². The lowest BCUT2D eigenvalue weighted by atomic mass is 9.74. The number of carbonyl (C=O) groups is 2. The Morgan fingerprint density at radius 2 is 1.80 bits per heavy atom. The van der Waals surface area contributed by atoms with E-state index in [9.17, 15) is 9.59 Å². The highest BCUT2D eigenvalue weighted by molar-refractivity contribution is 7.09. The van der Waals surface area contributed by atoms with E-state index in [1.807, 2.05) is 19.2 Å². The maximum absolute atomic E-state index is 12.4. The average molecular weight is 299 g/mol. The maximum atomic E-state index is 12.4. The van der Waals surface area contributed by atoms with Crippen molar-refractivity contribution >= 4 is 23.3 Å². The second-order valence-electron chi connectivity index (χ2n) is 4.67. The summed E-state index contributed by atoms with van der Waals surface area (Å²) in [6.45, 7) is 7.53. The first kappa shape index (κ1) is 16.6. The monoisotopic (exact) mass is 299 g/mol. The zero-order valence-electron chi connectivity index (χ0n) is 12.3. The van der Waals surface area contributed by atoms with E-state index in [1.165, 1.54) is 11.3 Å². The Bertz CT molecular complexity index is 424. The number of hydrogen-bond acceptors (Lipinski definition) is 6. The summed E-state index contributed by atoms with van der Waals surface area (Å²) < 4.78 is 10.2. The minimum Gasteiger partial charge on any atom is -0.465 e. The molecule has 0 N–H and O–H groups in total. The SMILES string of the molecule is CCOC(=O)C(Cc1nccs1)(C(=O)OCC)C(C)C. The van der Waals surface area contributed by atoms with E-state index >= 15 is 0 Å². The normalized spacial score (nSPS) is 11.4. The third kappa shape index (κ3) is 3.36. The van der Waals surface area contributed by atoms with Gasteiger partial charge in [0.1, 0.15) is 0 Å². The number of nitrogens with zero attached hydrogens (tertiary/aromatic N) is 1. The van der Waals surface area contributed by atoms with Crippen LogP contribution in [0.4, 0.5) is 0 Å². The van der Waals surface area contributed by atoms with Gasteiger partial charge < -0.3 is 9.47 Å². The Labute approximate surface area is 123 Å². The van der Waals surface area contributed by atoms with Crippen LogP contribution in [0.15, 0.2) is 11.6 Å². The lowest BCUT2D eigenvalue weighted by Gasteiger charge is -2.31. The first-order valence-electron chi connectivity index (χ1n) is 6.71. The number of carbonyl (C=O) groups excluding carboxylic acids is 2. The molecule has 6 heteroatoms. The van der Waals surface area contributed by atoms with Crippen molar-refractivity contribution in [3.05, 3.63) is 16.6 Å². The third-order valence-corrected chi connectivity index (χ3v) is 3.96. The van der Waals surface area contributed by atoms with Crippen LogP contribution in [0.25, 0.3) is 0 Å². The van der Waals surface area contributed by atoms with Gasteiger partial charge in [-0.15, -0.1) is 11.3 Å². The molecule has 0 aliphatic rings. The van der Waals surface area contributed by atoms with Gasteiger partial charge in [0, 0.05) is 18.0 Å². The Morgan fingerprint density at radius 3 is 2.15 bits per heavy atom. The summed E-state index contributed by atoms with van der Waals surface area (Å²) >= 11 is 1.41. The second kappa shape index (κ2) is 7.38. The van der Waals surface area contributed by atoms with E-state index in [2.05, 4.69) is 4.98 Å². The molecule has 0 saturated carbocycles. The molecular formula is C14H21NO4S. The number of thiazole rings is 1. The molecule has 0 aliphatic heterocycles. The van der Waals surface area contributed by atoms with Gasteiger partial charge in [-0.05, 0) is 19.8 Å². The zero-order chi connectivity index (χ0) is 15.2. The van der Waals surface area contributed by atoms with E-state index in [-0.39, 0.29) is 25.6 Å². The van der Waals surface area contributed by atoms with Gasteiger partial charge in [0.05, 0.1) is 18.2 Å². The van der Waals surface area contributed by atoms with Crippen molar-refractivity contribution in [1.82, 2.24) is 4.98 Å². The third-order valence-electron chi connectivity index (χ3n) is 3.18. The molecule has 1 aromatic heterocycles. The Kier molecular flexibility index (Phi) is 6.13. The molecule has 0 saturated heterocycles. The van der Waals surface area contributed by atoms with Gasteiger partial charge in [-0.1, -0.05) is 13.8 Å². The molecule has 0 unspecified atom stereocenters. The highest BCUT2D eigenvalue weighted by Gasteiger charge is 2.52. The van der Waals surface area contributed by atoms with Crippen LogP contribution in [-0.4, -0.2) is 30.1 Å². The van der Waals surface area contributed by atoms with E-state index in [1.54, 1.807) is 20.0 Å². The van der Waals surface area contributed by atoms with Gasteiger partial charge in [-0.2, -0.15) is 0 Å². The molecule has 0 fully saturated rings. The minimum atomic E-state index is -1.33. The Morgan fingerprint density at radius 1 is 1.25 bits per heavy atom. The van der Waals surface area contributed by atoms with Crippen LogP contribution in [-0.2, 0) is 25.5 Å². The fourth-order valence-electron chi connectivity index (χ4n) is 2.00. The molecule has 112 valence electrons. The number of aromatic nitrogens is 1. The molecule has 0 spiro atoms. The molecule has 1 aromatic rings. The molecular weight excluding hydrogens is 278 g/mol. The fraction of sp³-hybridized carbons (Fsp3) is 0.643. The molecule has 20 heavy (non-hydrogen) atoms. The molecule has 0 atom stereocenters. The lowest BCUT2D eigenvalue weighted by molar-refractivity contribution is -0.176. The van der Waals surface area contributed by atoms with Gasteiger partial charge >= 0.3 is 11.9 Å². The maximum Gasteiger partial charge on any atom is 0.324 e. The van der Waals surface area contributed by atoms with Gasteiger partial charge in [-0.25, -0.2) is 4.98 Å². The van der Waals surface area contributed by atoms with Crippen molar-refractivity contribution < 1.29 is 19.1 Å². The number of esters is 2. The summed E-state index contributed by atoms with van der Waals surface area (Å²) in [5.74, 6) is -1.32. The fourth-order valence-corrected chi connectivity index (χ4v) is 2.71. The lowest BCUT2D eigenvalue weighted by Crippen LogP contribution is -2.48. The molecule has 0 radical (unpaired) electrons. The van der Waals surface area contributed by atoms with Crippen LogP contribution < -0.4 is 0 Å². The minimum absolute atomic E-state index is 0.208. The summed E-state index contributed by atoms with van der Waals surface area (Å²) in [5.41, 5.74) is -1.33. The first-order chi connectivity index (χ1) is 9.48. The van der Waals surface area contributed by atoms with Crippen molar-refractivity contribution in [2.24, 2.45) is 11.3 Å². The zero-order valence-corrected chi connectivity index (χ0v) is 13.2. The van der Waals surface area contributed by atoms with Gasteiger partial charge in [0.15, 0.2) is 5.41 Å². The average Bonchev–Trinajstić information content (AvgIpc) is 2.88. The predicted octanol–water partition coefficient (Wildman–Crippen LogP) is 2.45. The number of ether oxygens (including phenoxy) is 2. The Balaban J connectivity index is 3.18. The molecule has 1 heterocycles. The highest BCUT2D eigenvalue weighted by atomic mass is 32.1. The highest BCUT2D eigenvalue weighted by Crippen LogP contribution is 2.35. The predicted molar refractivity (Wildman–Crippen MR) is 76.4 cm³/mol. The van der Waals surface area contributed by atoms with Gasteiger partial charge in [0.25, 0.3) is 0 Å². The van der Waals surface area contributed by atoms with Crippen LogP contribution >= 0.6 is 11.3 Å². The topological polar surface area (TPSA) is 65.5 Å². The second-order valence-corrected chi connectivity index (χ2v) is 5.65. The molecule has 0 bridgehead atoms.